The van der Waals surface area contributed by atoms with Gasteiger partial charge in [0.15, 0.2) is 0 Å². The molecular formula is C21H22N6O3S. The zero-order valence-corrected chi connectivity index (χ0v) is 17.8. The molecule has 0 saturated carbocycles. The normalized spacial score (nSPS) is 18.2. The molecule has 2 saturated heterocycles. The molecular weight excluding hydrogens is 416 g/mol. The molecule has 1 aromatic heterocycles. The van der Waals surface area contributed by atoms with E-state index in [4.69, 9.17) is 5.73 Å². The molecule has 0 aliphatic carbocycles. The number of rotatable bonds is 5. The van der Waals surface area contributed by atoms with E-state index in [2.05, 4.69) is 51.0 Å². The first-order chi connectivity index (χ1) is 14.9. The highest BCUT2D eigenvalue weighted by molar-refractivity contribution is 8.18. The molecule has 0 atom stereocenters. The number of imide groups is 1. The number of nitrogens with two attached hydrogens (primary N) is 1. The van der Waals surface area contributed by atoms with Crippen molar-refractivity contribution < 1.29 is 14.4 Å². The third-order valence-electron chi connectivity index (χ3n) is 5.09. The average molecular weight is 439 g/mol. The van der Waals surface area contributed by atoms with Gasteiger partial charge in [-0.05, 0) is 43.0 Å². The molecule has 0 unspecified atom stereocenters. The molecule has 2 aliphatic rings. The van der Waals surface area contributed by atoms with Crippen LogP contribution in [-0.2, 0) is 9.59 Å². The number of carbonyl (C=O) groups excluding carboxylic acids is 3. The van der Waals surface area contributed by atoms with E-state index in [0.29, 0.717) is 11.6 Å². The lowest BCUT2D eigenvalue weighted by atomic mass is 10.2. The minimum absolute atomic E-state index is 0.208. The van der Waals surface area contributed by atoms with Crippen molar-refractivity contribution in [1.82, 2.24) is 14.9 Å². The second-order valence-corrected chi connectivity index (χ2v) is 8.32. The number of hydrogen-bond acceptors (Lipinski definition) is 8. The van der Waals surface area contributed by atoms with E-state index in [-0.39, 0.29) is 4.91 Å². The van der Waals surface area contributed by atoms with Gasteiger partial charge in [0.2, 0.25) is 11.9 Å². The van der Waals surface area contributed by atoms with E-state index in [1.165, 1.54) is 11.3 Å². The molecule has 4 rings (SSSR count). The molecule has 2 N–H and O–H groups in total. The fraction of sp³-hybridized carbons (Fsp3) is 0.286. The molecule has 0 bridgehead atoms. The first-order valence-electron chi connectivity index (χ1n) is 9.84. The highest BCUT2D eigenvalue weighted by Gasteiger charge is 2.36. The first kappa shape index (κ1) is 20.9. The zero-order chi connectivity index (χ0) is 22.0. The first-order valence-corrected chi connectivity index (χ1v) is 10.7. The number of nitrogens with zero attached hydrogens (tertiary/aromatic N) is 5. The van der Waals surface area contributed by atoms with Gasteiger partial charge in [-0.1, -0.05) is 17.7 Å². The maximum Gasteiger partial charge on any atom is 0.294 e. The number of piperazine rings is 1. The van der Waals surface area contributed by atoms with E-state index in [1.807, 2.05) is 0 Å². The minimum Gasteiger partial charge on any atom is -0.368 e. The third kappa shape index (κ3) is 4.69. The SMILES string of the molecule is Cc1ccc(N2CCN(c3nccc(/C=C4\SC(=O)N(CC(N)=O)C4=O)n3)CC2)cc1. The Hall–Kier alpha value is -3.40. The predicted molar refractivity (Wildman–Crippen MR) is 120 cm³/mol. The molecule has 2 fully saturated rings. The molecule has 10 heteroatoms. The van der Waals surface area contributed by atoms with Gasteiger partial charge >= 0.3 is 0 Å². The van der Waals surface area contributed by atoms with Crippen LogP contribution in [0.2, 0.25) is 0 Å². The molecule has 9 nitrogen and oxygen atoms in total. The summed E-state index contributed by atoms with van der Waals surface area (Å²) < 4.78 is 0. The third-order valence-corrected chi connectivity index (χ3v) is 6.00. The number of aryl methyl sites for hydroxylation is 1. The van der Waals surface area contributed by atoms with Crippen molar-refractivity contribution in [2.24, 2.45) is 5.73 Å². The van der Waals surface area contributed by atoms with Crippen LogP contribution in [0.5, 0.6) is 0 Å². The standard InChI is InChI=1S/C21H22N6O3S/c1-14-2-4-16(5-3-14)25-8-10-26(11-9-25)20-23-7-6-15(24-20)12-17-19(29)27(13-18(22)28)21(30)31-17/h2-7,12H,8-11,13H2,1H3,(H2,22,28)/b17-12-. The maximum atomic E-state index is 12.4. The van der Waals surface area contributed by atoms with Crippen molar-refractivity contribution in [1.29, 1.82) is 0 Å². The van der Waals surface area contributed by atoms with E-state index < -0.39 is 23.6 Å². The van der Waals surface area contributed by atoms with Gasteiger partial charge in [0, 0.05) is 38.1 Å². The van der Waals surface area contributed by atoms with Crippen LogP contribution in [0.1, 0.15) is 11.3 Å². The summed E-state index contributed by atoms with van der Waals surface area (Å²) in [7, 11) is 0. The van der Waals surface area contributed by atoms with Gasteiger partial charge in [-0.15, -0.1) is 0 Å². The van der Waals surface area contributed by atoms with Crippen LogP contribution >= 0.6 is 11.8 Å². The Morgan fingerprint density at radius 2 is 1.77 bits per heavy atom. The van der Waals surface area contributed by atoms with Gasteiger partial charge in [0.1, 0.15) is 6.54 Å². The summed E-state index contributed by atoms with van der Waals surface area (Å²) in [4.78, 5) is 49.8. The van der Waals surface area contributed by atoms with Crippen LogP contribution in [0.15, 0.2) is 41.4 Å². The van der Waals surface area contributed by atoms with Crippen LogP contribution in [0.4, 0.5) is 16.4 Å². The Kier molecular flexibility index (Phi) is 5.90. The van der Waals surface area contributed by atoms with Gasteiger partial charge in [0.05, 0.1) is 10.6 Å². The van der Waals surface area contributed by atoms with Crippen LogP contribution in [-0.4, -0.2) is 64.6 Å². The monoisotopic (exact) mass is 438 g/mol. The summed E-state index contributed by atoms with van der Waals surface area (Å²) in [6.07, 6.45) is 3.17. The molecule has 3 heterocycles. The minimum atomic E-state index is -0.738. The average Bonchev–Trinajstić information content (AvgIpc) is 3.01. The number of primary amides is 1. The van der Waals surface area contributed by atoms with Crippen LogP contribution < -0.4 is 15.5 Å². The Morgan fingerprint density at radius 1 is 1.10 bits per heavy atom. The smallest absolute Gasteiger partial charge is 0.294 e. The topological polar surface area (TPSA) is 113 Å². The van der Waals surface area contributed by atoms with Gasteiger partial charge in [-0.2, -0.15) is 0 Å². The molecule has 2 aliphatic heterocycles. The predicted octanol–water partition coefficient (Wildman–Crippen LogP) is 1.63. The lowest BCUT2D eigenvalue weighted by molar-refractivity contribution is -0.127. The number of carbonyl (C=O) groups is 3. The van der Waals surface area contributed by atoms with Crippen molar-refractivity contribution in [2.75, 3.05) is 42.5 Å². The maximum absolute atomic E-state index is 12.4. The Bertz CT molecular complexity index is 1050. The van der Waals surface area contributed by atoms with E-state index in [1.54, 1.807) is 18.3 Å². The Morgan fingerprint density at radius 3 is 2.45 bits per heavy atom. The Balaban J connectivity index is 1.44. The van der Waals surface area contributed by atoms with Crippen LogP contribution in [0.3, 0.4) is 0 Å². The lowest BCUT2D eigenvalue weighted by Crippen LogP contribution is -2.47. The summed E-state index contributed by atoms with van der Waals surface area (Å²) in [5.74, 6) is -0.702. The lowest BCUT2D eigenvalue weighted by Gasteiger charge is -2.36. The van der Waals surface area contributed by atoms with E-state index >= 15 is 0 Å². The van der Waals surface area contributed by atoms with Crippen molar-refractivity contribution >= 4 is 46.5 Å². The number of amides is 3. The summed E-state index contributed by atoms with van der Waals surface area (Å²) in [5, 5.41) is -0.517. The fourth-order valence-electron chi connectivity index (χ4n) is 3.44. The second-order valence-electron chi connectivity index (χ2n) is 7.33. The van der Waals surface area contributed by atoms with E-state index in [9.17, 15) is 14.4 Å². The summed E-state index contributed by atoms with van der Waals surface area (Å²) >= 11 is 0.769. The molecule has 0 radical (unpaired) electrons. The molecule has 160 valence electrons. The number of aromatic nitrogens is 2. The summed E-state index contributed by atoms with van der Waals surface area (Å²) in [6.45, 7) is 4.89. The van der Waals surface area contributed by atoms with Gasteiger partial charge in [-0.25, -0.2) is 9.97 Å². The van der Waals surface area contributed by atoms with Crippen molar-refractivity contribution in [3.63, 3.8) is 0 Å². The second kappa shape index (κ2) is 8.76. The number of benzene rings is 1. The van der Waals surface area contributed by atoms with Crippen LogP contribution in [0.25, 0.3) is 6.08 Å². The molecule has 2 aromatic rings. The van der Waals surface area contributed by atoms with Gasteiger partial charge in [0.25, 0.3) is 11.1 Å². The number of hydrogen-bond donors (Lipinski definition) is 1. The molecule has 0 spiro atoms. The van der Waals surface area contributed by atoms with Crippen LogP contribution in [0, 0.1) is 6.92 Å². The Labute approximate surface area is 183 Å². The van der Waals surface area contributed by atoms with Gasteiger partial charge in [-0.3, -0.25) is 19.3 Å². The van der Waals surface area contributed by atoms with E-state index in [0.717, 1.165) is 42.8 Å². The summed E-state index contributed by atoms with van der Waals surface area (Å²) in [6, 6.07) is 10.2. The molecule has 31 heavy (non-hydrogen) atoms. The van der Waals surface area contributed by atoms with Crippen molar-refractivity contribution in [3.8, 4) is 0 Å². The number of anilines is 2. The highest BCUT2D eigenvalue weighted by atomic mass is 32.2. The zero-order valence-electron chi connectivity index (χ0n) is 17.0. The van der Waals surface area contributed by atoms with Crippen molar-refractivity contribution in [2.45, 2.75) is 6.92 Å². The quantitative estimate of drug-likeness (QED) is 0.701. The van der Waals surface area contributed by atoms with Crippen molar-refractivity contribution in [3.05, 3.63) is 52.7 Å². The largest absolute Gasteiger partial charge is 0.368 e. The molecule has 3 amide bonds. The fourth-order valence-corrected chi connectivity index (χ4v) is 4.26. The van der Waals surface area contributed by atoms with Gasteiger partial charge < -0.3 is 15.5 Å². The number of thioether (sulfide) groups is 1. The summed E-state index contributed by atoms with van der Waals surface area (Å²) in [5.41, 5.74) is 8.07. The molecule has 1 aromatic carbocycles. The highest BCUT2D eigenvalue weighted by Crippen LogP contribution is 2.31.